The molecule has 0 saturated carbocycles. The van der Waals surface area contributed by atoms with Crippen LogP contribution in [0.3, 0.4) is 0 Å². The number of nitriles is 1. The molecule has 0 spiro atoms. The summed E-state index contributed by atoms with van der Waals surface area (Å²) in [4.78, 5) is 4.10. The van der Waals surface area contributed by atoms with Crippen molar-refractivity contribution in [2.45, 2.75) is 0 Å². The van der Waals surface area contributed by atoms with E-state index in [9.17, 15) is 4.39 Å². The third-order valence-electron chi connectivity index (χ3n) is 2.21. The molecular weight excluding hydrogens is 193 g/mol. The number of benzene rings is 1. The lowest BCUT2D eigenvalue weighted by molar-refractivity contribution is 0.628. The minimum Gasteiger partial charge on any atom is -0.319 e. The minimum atomic E-state index is -0.284. The summed E-state index contributed by atoms with van der Waals surface area (Å²) in [5.41, 5.74) is 1.27. The van der Waals surface area contributed by atoms with Gasteiger partial charge in [0.25, 0.3) is 0 Å². The number of hydrogen-bond acceptors (Lipinski definition) is 2. The van der Waals surface area contributed by atoms with Gasteiger partial charge in [0.05, 0.1) is 6.20 Å². The lowest BCUT2D eigenvalue weighted by Gasteiger charge is -2.01. The van der Waals surface area contributed by atoms with Crippen molar-refractivity contribution < 1.29 is 4.39 Å². The van der Waals surface area contributed by atoms with Crippen molar-refractivity contribution in [1.29, 1.82) is 5.26 Å². The van der Waals surface area contributed by atoms with Gasteiger partial charge in [-0.3, -0.25) is 0 Å². The molecule has 2 rings (SSSR count). The van der Waals surface area contributed by atoms with Crippen molar-refractivity contribution in [2.24, 2.45) is 7.05 Å². The molecule has 3 nitrogen and oxygen atoms in total. The fourth-order valence-corrected chi connectivity index (χ4v) is 1.38. The third-order valence-corrected chi connectivity index (χ3v) is 2.21. The highest BCUT2D eigenvalue weighted by molar-refractivity contribution is 5.56. The van der Waals surface area contributed by atoms with Gasteiger partial charge in [-0.05, 0) is 24.3 Å². The van der Waals surface area contributed by atoms with Crippen LogP contribution < -0.4 is 0 Å². The Kier molecular flexibility index (Phi) is 2.22. The number of imidazole rings is 1. The first-order valence-corrected chi connectivity index (χ1v) is 4.40. The number of rotatable bonds is 1. The average Bonchev–Trinajstić information content (AvgIpc) is 2.61. The number of halogens is 1. The molecule has 0 amide bonds. The number of hydrogen-bond donors (Lipinski definition) is 0. The van der Waals surface area contributed by atoms with E-state index in [2.05, 4.69) is 4.98 Å². The first-order chi connectivity index (χ1) is 7.22. The molecule has 0 bridgehead atoms. The molecule has 0 atom stereocenters. The van der Waals surface area contributed by atoms with Gasteiger partial charge >= 0.3 is 0 Å². The second-order valence-electron chi connectivity index (χ2n) is 3.14. The second kappa shape index (κ2) is 3.54. The Morgan fingerprint density at radius 3 is 2.53 bits per heavy atom. The molecule has 0 aliphatic rings. The van der Waals surface area contributed by atoms with Crippen LogP contribution in [-0.2, 0) is 7.05 Å². The van der Waals surface area contributed by atoms with Gasteiger partial charge in [-0.2, -0.15) is 5.26 Å². The van der Waals surface area contributed by atoms with Gasteiger partial charge in [-0.15, -0.1) is 0 Å². The van der Waals surface area contributed by atoms with E-state index in [4.69, 9.17) is 5.26 Å². The molecule has 1 aromatic heterocycles. The predicted molar refractivity (Wildman–Crippen MR) is 53.3 cm³/mol. The maximum absolute atomic E-state index is 12.7. The van der Waals surface area contributed by atoms with Crippen molar-refractivity contribution in [3.63, 3.8) is 0 Å². The van der Waals surface area contributed by atoms with E-state index in [0.717, 1.165) is 5.56 Å². The summed E-state index contributed by atoms with van der Waals surface area (Å²) in [6, 6.07) is 8.04. The molecule has 0 radical (unpaired) electrons. The van der Waals surface area contributed by atoms with Gasteiger partial charge in [-0.25, -0.2) is 9.37 Å². The van der Waals surface area contributed by atoms with Crippen LogP contribution in [0.4, 0.5) is 4.39 Å². The Labute approximate surface area is 86.4 Å². The largest absolute Gasteiger partial charge is 0.319 e. The average molecular weight is 201 g/mol. The Morgan fingerprint density at radius 1 is 1.33 bits per heavy atom. The zero-order valence-corrected chi connectivity index (χ0v) is 8.11. The first kappa shape index (κ1) is 9.41. The standard InChI is InChI=1S/C11H8FN3/c1-15-10(6-13)7-14-11(15)8-2-4-9(12)5-3-8/h2-5,7H,1H3. The summed E-state index contributed by atoms with van der Waals surface area (Å²) in [7, 11) is 1.75. The molecule has 1 heterocycles. The van der Waals surface area contributed by atoms with Crippen LogP contribution in [-0.4, -0.2) is 9.55 Å². The van der Waals surface area contributed by atoms with Crippen molar-refractivity contribution in [1.82, 2.24) is 9.55 Å². The van der Waals surface area contributed by atoms with E-state index in [-0.39, 0.29) is 5.82 Å². The monoisotopic (exact) mass is 201 g/mol. The molecule has 0 fully saturated rings. The number of nitrogens with zero attached hydrogens (tertiary/aromatic N) is 3. The van der Waals surface area contributed by atoms with Crippen LogP contribution in [0.1, 0.15) is 5.69 Å². The van der Waals surface area contributed by atoms with Crippen LogP contribution in [0, 0.1) is 17.1 Å². The summed E-state index contributed by atoms with van der Waals surface area (Å²) >= 11 is 0. The first-order valence-electron chi connectivity index (χ1n) is 4.40. The van der Waals surface area contributed by atoms with E-state index in [0.29, 0.717) is 11.5 Å². The molecule has 15 heavy (non-hydrogen) atoms. The van der Waals surface area contributed by atoms with E-state index in [1.807, 2.05) is 6.07 Å². The van der Waals surface area contributed by atoms with Gasteiger partial charge in [0.15, 0.2) is 0 Å². The highest BCUT2D eigenvalue weighted by Gasteiger charge is 2.07. The van der Waals surface area contributed by atoms with Crippen LogP contribution in [0.25, 0.3) is 11.4 Å². The summed E-state index contributed by atoms with van der Waals surface area (Å²) in [6.45, 7) is 0. The maximum Gasteiger partial charge on any atom is 0.140 e. The Hall–Kier alpha value is -2.15. The van der Waals surface area contributed by atoms with Gasteiger partial charge in [-0.1, -0.05) is 0 Å². The lowest BCUT2D eigenvalue weighted by atomic mass is 10.2. The zero-order chi connectivity index (χ0) is 10.8. The minimum absolute atomic E-state index is 0.284. The molecule has 0 saturated heterocycles. The lowest BCUT2D eigenvalue weighted by Crippen LogP contribution is -1.95. The fourth-order valence-electron chi connectivity index (χ4n) is 1.38. The second-order valence-corrected chi connectivity index (χ2v) is 3.14. The quantitative estimate of drug-likeness (QED) is 0.709. The Balaban J connectivity index is 2.51. The third kappa shape index (κ3) is 1.59. The van der Waals surface area contributed by atoms with Crippen molar-refractivity contribution in [3.8, 4) is 17.5 Å². The van der Waals surface area contributed by atoms with Gasteiger partial charge < -0.3 is 4.57 Å². The van der Waals surface area contributed by atoms with Crippen LogP contribution in [0.2, 0.25) is 0 Å². The zero-order valence-electron chi connectivity index (χ0n) is 8.11. The van der Waals surface area contributed by atoms with Crippen molar-refractivity contribution >= 4 is 0 Å². The maximum atomic E-state index is 12.7. The molecule has 74 valence electrons. The summed E-state index contributed by atoms with van der Waals surface area (Å²) in [5, 5.41) is 8.75. The van der Waals surface area contributed by atoms with Gasteiger partial charge in [0.2, 0.25) is 0 Å². The Bertz CT molecular complexity index is 520. The molecule has 2 aromatic rings. The van der Waals surface area contributed by atoms with Crippen LogP contribution >= 0.6 is 0 Å². The molecule has 1 aromatic carbocycles. The predicted octanol–water partition coefficient (Wildman–Crippen LogP) is 2.10. The molecule has 4 heteroatoms. The smallest absolute Gasteiger partial charge is 0.140 e. The van der Waals surface area contributed by atoms with Crippen molar-refractivity contribution in [2.75, 3.05) is 0 Å². The highest BCUT2D eigenvalue weighted by atomic mass is 19.1. The molecule has 0 aliphatic heterocycles. The van der Waals surface area contributed by atoms with E-state index in [1.165, 1.54) is 18.3 Å². The summed E-state index contributed by atoms with van der Waals surface area (Å²) < 4.78 is 14.4. The fraction of sp³-hybridized carbons (Fsp3) is 0.0909. The van der Waals surface area contributed by atoms with E-state index in [1.54, 1.807) is 23.7 Å². The van der Waals surface area contributed by atoms with Crippen LogP contribution in [0.15, 0.2) is 30.5 Å². The van der Waals surface area contributed by atoms with E-state index >= 15 is 0 Å². The SMILES string of the molecule is Cn1c(C#N)cnc1-c1ccc(F)cc1. The Morgan fingerprint density at radius 2 is 2.00 bits per heavy atom. The summed E-state index contributed by atoms with van der Waals surface area (Å²) in [5.74, 6) is 0.375. The van der Waals surface area contributed by atoms with Gasteiger partial charge in [0, 0.05) is 12.6 Å². The molecule has 0 N–H and O–H groups in total. The molecule has 0 unspecified atom stereocenters. The van der Waals surface area contributed by atoms with Crippen molar-refractivity contribution in [3.05, 3.63) is 42.0 Å². The molecule has 0 aliphatic carbocycles. The summed E-state index contributed by atoms with van der Waals surface area (Å²) in [6.07, 6.45) is 1.50. The topological polar surface area (TPSA) is 41.6 Å². The number of aromatic nitrogens is 2. The van der Waals surface area contributed by atoms with Crippen LogP contribution in [0.5, 0.6) is 0 Å². The molecular formula is C11H8FN3. The van der Waals surface area contributed by atoms with Gasteiger partial charge in [0.1, 0.15) is 23.4 Å². The highest BCUT2D eigenvalue weighted by Crippen LogP contribution is 2.18. The van der Waals surface area contributed by atoms with E-state index < -0.39 is 0 Å². The normalized spacial score (nSPS) is 9.93.